The fourth-order valence-electron chi connectivity index (χ4n) is 3.85. The minimum Gasteiger partial charge on any atom is -0.497 e. The SMILES string of the molecule is COc1ccc(Cn2nc3[nH]c(=O)n(C)c(=O)c3c2-c2ccc3nn(C)cc3c2Cl)cc1. The summed E-state index contributed by atoms with van der Waals surface area (Å²) < 4.78 is 9.63. The van der Waals surface area contributed by atoms with Crippen LogP contribution in [0.5, 0.6) is 5.75 Å². The molecule has 2 aromatic carbocycles. The molecule has 162 valence electrons. The molecule has 0 radical (unpaired) electrons. The molecule has 0 saturated heterocycles. The van der Waals surface area contributed by atoms with Gasteiger partial charge in [0.15, 0.2) is 5.65 Å². The van der Waals surface area contributed by atoms with Gasteiger partial charge in [-0.05, 0) is 29.8 Å². The van der Waals surface area contributed by atoms with E-state index in [1.54, 1.807) is 16.5 Å². The van der Waals surface area contributed by atoms with E-state index in [0.717, 1.165) is 26.8 Å². The highest BCUT2D eigenvalue weighted by Crippen LogP contribution is 2.36. The van der Waals surface area contributed by atoms with Crippen LogP contribution in [0.3, 0.4) is 0 Å². The Labute approximate surface area is 186 Å². The normalized spacial score (nSPS) is 11.5. The van der Waals surface area contributed by atoms with Crippen LogP contribution in [-0.2, 0) is 20.6 Å². The predicted molar refractivity (Wildman–Crippen MR) is 122 cm³/mol. The van der Waals surface area contributed by atoms with E-state index in [1.807, 2.05) is 49.6 Å². The Kier molecular flexibility index (Phi) is 4.63. The molecule has 9 nitrogen and oxygen atoms in total. The molecule has 3 heterocycles. The molecule has 5 rings (SSSR count). The van der Waals surface area contributed by atoms with Crippen molar-refractivity contribution in [3.05, 3.63) is 74.0 Å². The lowest BCUT2D eigenvalue weighted by atomic mass is 10.1. The monoisotopic (exact) mass is 450 g/mol. The first kappa shape index (κ1) is 20.1. The zero-order valence-corrected chi connectivity index (χ0v) is 18.3. The van der Waals surface area contributed by atoms with Crippen LogP contribution < -0.4 is 16.0 Å². The Bertz CT molecular complexity index is 1610. The maximum Gasteiger partial charge on any atom is 0.329 e. The number of rotatable bonds is 4. The van der Waals surface area contributed by atoms with E-state index < -0.39 is 11.2 Å². The average Bonchev–Trinajstić information content (AvgIpc) is 3.33. The van der Waals surface area contributed by atoms with Gasteiger partial charge in [-0.15, -0.1) is 0 Å². The fourth-order valence-corrected chi connectivity index (χ4v) is 4.15. The van der Waals surface area contributed by atoms with Crippen LogP contribution in [0.4, 0.5) is 0 Å². The molecule has 5 aromatic rings. The summed E-state index contributed by atoms with van der Waals surface area (Å²) in [5.74, 6) is 0.739. The Morgan fingerprint density at radius 3 is 2.53 bits per heavy atom. The molecule has 0 amide bonds. The summed E-state index contributed by atoms with van der Waals surface area (Å²) in [7, 11) is 4.85. The highest BCUT2D eigenvalue weighted by Gasteiger charge is 2.22. The predicted octanol–water partition coefficient (Wildman–Crippen LogP) is 2.69. The molecule has 10 heteroatoms. The first-order valence-electron chi connectivity index (χ1n) is 9.82. The second-order valence-electron chi connectivity index (χ2n) is 7.53. The maximum absolute atomic E-state index is 13.1. The third-order valence-corrected chi connectivity index (χ3v) is 5.89. The quantitative estimate of drug-likeness (QED) is 0.454. The standard InChI is InChI=1S/C22H19ClN6O3/c1-27-11-15-16(25-27)9-8-14(18(15)23)19-17-20(24-22(31)28(2)21(17)30)26-29(19)10-12-4-6-13(32-3)7-5-12/h4-9,11H,10H2,1-3H3,(H,24,26,31). The number of aryl methyl sites for hydroxylation is 1. The van der Waals surface area contributed by atoms with Gasteiger partial charge in [-0.2, -0.15) is 10.2 Å². The van der Waals surface area contributed by atoms with Gasteiger partial charge in [0.2, 0.25) is 0 Å². The van der Waals surface area contributed by atoms with Crippen LogP contribution in [0.15, 0.2) is 52.2 Å². The van der Waals surface area contributed by atoms with E-state index in [4.69, 9.17) is 16.3 Å². The minimum atomic E-state index is -0.531. The number of methoxy groups -OCH3 is 1. The zero-order valence-electron chi connectivity index (χ0n) is 17.6. The van der Waals surface area contributed by atoms with Crippen molar-refractivity contribution < 1.29 is 4.74 Å². The van der Waals surface area contributed by atoms with Gasteiger partial charge < -0.3 is 4.74 Å². The average molecular weight is 451 g/mol. The van der Waals surface area contributed by atoms with Crippen LogP contribution in [0, 0.1) is 0 Å². The molecule has 0 bridgehead atoms. The first-order valence-corrected chi connectivity index (χ1v) is 10.2. The number of nitrogens with zero attached hydrogens (tertiary/aromatic N) is 5. The Balaban J connectivity index is 1.80. The molecule has 3 aromatic heterocycles. The number of aromatic nitrogens is 6. The molecule has 0 fully saturated rings. The van der Waals surface area contributed by atoms with Crippen molar-refractivity contribution in [3.63, 3.8) is 0 Å². The molecule has 0 saturated carbocycles. The van der Waals surface area contributed by atoms with Crippen LogP contribution in [0.1, 0.15) is 5.56 Å². The van der Waals surface area contributed by atoms with E-state index in [-0.39, 0.29) is 5.65 Å². The van der Waals surface area contributed by atoms with Crippen molar-refractivity contribution in [1.82, 2.24) is 29.1 Å². The lowest BCUT2D eigenvalue weighted by molar-refractivity contribution is 0.414. The number of fused-ring (bicyclic) bond motifs is 2. The number of H-pyrrole nitrogens is 1. The number of halogens is 1. The lowest BCUT2D eigenvalue weighted by Crippen LogP contribution is -2.32. The molecule has 0 spiro atoms. The highest BCUT2D eigenvalue weighted by atomic mass is 35.5. The summed E-state index contributed by atoms with van der Waals surface area (Å²) in [6.45, 7) is 0.362. The number of ether oxygens (including phenoxy) is 1. The highest BCUT2D eigenvalue weighted by molar-refractivity contribution is 6.38. The zero-order chi connectivity index (χ0) is 22.6. The van der Waals surface area contributed by atoms with Crippen LogP contribution in [-0.4, -0.2) is 36.2 Å². The van der Waals surface area contributed by atoms with Gasteiger partial charge in [0.05, 0.1) is 29.9 Å². The summed E-state index contributed by atoms with van der Waals surface area (Å²) in [4.78, 5) is 28.0. The van der Waals surface area contributed by atoms with Crippen molar-refractivity contribution in [2.24, 2.45) is 14.1 Å². The molecular formula is C22H19ClN6O3. The maximum atomic E-state index is 13.1. The van der Waals surface area contributed by atoms with E-state index in [1.165, 1.54) is 7.05 Å². The molecule has 32 heavy (non-hydrogen) atoms. The Morgan fingerprint density at radius 2 is 1.81 bits per heavy atom. The number of aromatic amines is 1. The molecule has 0 aliphatic heterocycles. The molecule has 0 atom stereocenters. The molecule has 0 unspecified atom stereocenters. The number of nitrogens with one attached hydrogen (secondary N) is 1. The van der Waals surface area contributed by atoms with Crippen molar-refractivity contribution in [3.8, 4) is 17.0 Å². The van der Waals surface area contributed by atoms with Crippen LogP contribution in [0.2, 0.25) is 5.02 Å². The molecule has 0 aliphatic carbocycles. The summed E-state index contributed by atoms with van der Waals surface area (Å²) in [5.41, 5.74) is 2.09. The second-order valence-corrected chi connectivity index (χ2v) is 7.91. The molecular weight excluding hydrogens is 432 g/mol. The van der Waals surface area contributed by atoms with Gasteiger partial charge >= 0.3 is 5.69 Å². The largest absolute Gasteiger partial charge is 0.497 e. The third-order valence-electron chi connectivity index (χ3n) is 5.49. The minimum absolute atomic E-state index is 0.212. The Morgan fingerprint density at radius 1 is 1.06 bits per heavy atom. The summed E-state index contributed by atoms with van der Waals surface area (Å²) in [6.07, 6.45) is 1.83. The third kappa shape index (κ3) is 3.09. The number of hydrogen-bond acceptors (Lipinski definition) is 5. The smallest absolute Gasteiger partial charge is 0.329 e. The van der Waals surface area contributed by atoms with Gasteiger partial charge in [0.25, 0.3) is 5.56 Å². The van der Waals surface area contributed by atoms with Crippen molar-refractivity contribution >= 4 is 33.5 Å². The van der Waals surface area contributed by atoms with Crippen molar-refractivity contribution in [1.29, 1.82) is 0 Å². The fraction of sp³-hybridized carbons (Fsp3) is 0.182. The first-order chi connectivity index (χ1) is 15.4. The molecule has 0 aliphatic rings. The van der Waals surface area contributed by atoms with Gasteiger partial charge in [-0.3, -0.25) is 23.7 Å². The van der Waals surface area contributed by atoms with Crippen LogP contribution in [0.25, 0.3) is 33.2 Å². The van der Waals surface area contributed by atoms with Crippen LogP contribution >= 0.6 is 11.6 Å². The van der Waals surface area contributed by atoms with Gasteiger partial charge in [0, 0.05) is 31.2 Å². The topological polar surface area (TPSA) is 99.7 Å². The molecule has 1 N–H and O–H groups in total. The summed E-state index contributed by atoms with van der Waals surface area (Å²) in [5, 5.41) is 10.5. The number of benzene rings is 2. The van der Waals surface area contributed by atoms with Crippen molar-refractivity contribution in [2.75, 3.05) is 7.11 Å². The Hall–Kier alpha value is -3.85. The number of hydrogen-bond donors (Lipinski definition) is 1. The van der Waals surface area contributed by atoms with E-state index in [2.05, 4.69) is 15.2 Å². The summed E-state index contributed by atoms with van der Waals surface area (Å²) >= 11 is 6.79. The van der Waals surface area contributed by atoms with Gasteiger partial charge in [-0.1, -0.05) is 23.7 Å². The lowest BCUT2D eigenvalue weighted by Gasteiger charge is -2.11. The van der Waals surface area contributed by atoms with Gasteiger partial charge in [0.1, 0.15) is 11.1 Å². The van der Waals surface area contributed by atoms with E-state index in [9.17, 15) is 9.59 Å². The second kappa shape index (κ2) is 7.38. The summed E-state index contributed by atoms with van der Waals surface area (Å²) in [6, 6.07) is 11.2. The van der Waals surface area contributed by atoms with Crippen molar-refractivity contribution in [2.45, 2.75) is 6.54 Å². The van der Waals surface area contributed by atoms with Gasteiger partial charge in [-0.25, -0.2) is 4.79 Å². The van der Waals surface area contributed by atoms with E-state index >= 15 is 0 Å². The van der Waals surface area contributed by atoms with E-state index in [0.29, 0.717) is 28.2 Å².